The zero-order chi connectivity index (χ0) is 6.41. The van der Waals surface area contributed by atoms with Crippen molar-refractivity contribution in [1.29, 1.82) is 0 Å². The molecule has 0 atom stereocenters. The van der Waals surface area contributed by atoms with Gasteiger partial charge in [0.25, 0.3) is 14.1 Å². The van der Waals surface area contributed by atoms with Crippen molar-refractivity contribution in [3.8, 4) is 0 Å². The van der Waals surface area contributed by atoms with Crippen molar-refractivity contribution in [2.75, 3.05) is 13.1 Å². The first-order chi connectivity index (χ1) is 3.73. The van der Waals surface area contributed by atoms with Gasteiger partial charge < -0.3 is 5.32 Å². The molecule has 1 rings (SSSR count). The van der Waals surface area contributed by atoms with Gasteiger partial charge in [0, 0.05) is 0 Å². The van der Waals surface area contributed by atoms with E-state index in [0.29, 0.717) is 0 Å². The third-order valence-electron chi connectivity index (χ3n) is 0.707. The van der Waals surface area contributed by atoms with Gasteiger partial charge in [-0.3, -0.25) is 0 Å². The van der Waals surface area contributed by atoms with E-state index in [9.17, 15) is 0 Å². The van der Waals surface area contributed by atoms with Crippen molar-refractivity contribution in [3.05, 3.63) is 0 Å². The summed E-state index contributed by atoms with van der Waals surface area (Å²) in [6, 6.07) is 0. The SMILES string of the molecule is C1CNC1.[CH3][Al]([CH3])[CH3]. The third kappa shape index (κ3) is 9.70. The van der Waals surface area contributed by atoms with Gasteiger partial charge in [-0.05, 0) is 19.5 Å². The monoisotopic (exact) mass is 129 g/mol. The highest BCUT2D eigenvalue weighted by Gasteiger charge is 1.92. The van der Waals surface area contributed by atoms with Gasteiger partial charge in [-0.25, -0.2) is 0 Å². The van der Waals surface area contributed by atoms with Gasteiger partial charge in [-0.1, -0.05) is 0 Å². The molecule has 1 nitrogen and oxygen atoms in total. The molecule has 0 aliphatic carbocycles. The van der Waals surface area contributed by atoms with Crippen molar-refractivity contribution in [3.63, 3.8) is 0 Å². The maximum absolute atomic E-state index is 3.11. The Morgan fingerprint density at radius 3 is 1.25 bits per heavy atom. The average Bonchev–Trinajstić information content (AvgIpc) is 1.19. The minimum atomic E-state index is -0.139. The smallest absolute Gasteiger partial charge is 0.251 e. The topological polar surface area (TPSA) is 12.0 Å². The van der Waals surface area contributed by atoms with Crippen LogP contribution in [0.4, 0.5) is 0 Å². The van der Waals surface area contributed by atoms with E-state index in [1.165, 1.54) is 19.5 Å². The molecule has 0 radical (unpaired) electrons. The lowest BCUT2D eigenvalue weighted by molar-refractivity contribution is 0.527. The summed E-state index contributed by atoms with van der Waals surface area (Å²) >= 11 is -0.139. The van der Waals surface area contributed by atoms with E-state index in [1.54, 1.807) is 0 Å². The molecule has 0 aromatic heterocycles. The first-order valence-corrected chi connectivity index (χ1v) is 6.90. The molecule has 1 fully saturated rings. The molecule has 1 aliphatic heterocycles. The maximum Gasteiger partial charge on any atom is 0.251 e. The lowest BCUT2D eigenvalue weighted by Crippen LogP contribution is -2.29. The van der Waals surface area contributed by atoms with Crippen LogP contribution in [0.15, 0.2) is 0 Å². The van der Waals surface area contributed by atoms with Crippen LogP contribution in [0.2, 0.25) is 17.4 Å². The molecule has 1 N–H and O–H groups in total. The molecule has 0 bridgehead atoms. The summed E-state index contributed by atoms with van der Waals surface area (Å²) in [6.07, 6.45) is 1.39. The van der Waals surface area contributed by atoms with Crippen molar-refractivity contribution < 1.29 is 0 Å². The van der Waals surface area contributed by atoms with Gasteiger partial charge >= 0.3 is 0 Å². The second-order valence-electron chi connectivity index (χ2n) is 2.84. The van der Waals surface area contributed by atoms with Crippen LogP contribution in [0.3, 0.4) is 0 Å². The summed E-state index contributed by atoms with van der Waals surface area (Å²) in [5.74, 6) is 6.92. The Bertz CT molecular complexity index is 35.0. The first-order valence-electron chi connectivity index (χ1n) is 3.44. The van der Waals surface area contributed by atoms with E-state index >= 15 is 0 Å². The van der Waals surface area contributed by atoms with Crippen LogP contribution in [0.1, 0.15) is 6.42 Å². The summed E-state index contributed by atoms with van der Waals surface area (Å²) in [5, 5.41) is 3.11. The summed E-state index contributed by atoms with van der Waals surface area (Å²) in [4.78, 5) is 0. The van der Waals surface area contributed by atoms with Crippen molar-refractivity contribution in [2.24, 2.45) is 0 Å². The Morgan fingerprint density at radius 1 is 1.12 bits per heavy atom. The van der Waals surface area contributed by atoms with E-state index in [4.69, 9.17) is 0 Å². The molecular formula is C6H16AlN. The lowest BCUT2D eigenvalue weighted by Gasteiger charge is -2.09. The number of hydrogen-bond donors (Lipinski definition) is 1. The van der Waals surface area contributed by atoms with Gasteiger partial charge in [0.1, 0.15) is 0 Å². The van der Waals surface area contributed by atoms with Crippen LogP contribution in [0.5, 0.6) is 0 Å². The zero-order valence-electron chi connectivity index (χ0n) is 6.20. The van der Waals surface area contributed by atoms with Crippen molar-refractivity contribution in [2.45, 2.75) is 23.8 Å². The lowest BCUT2D eigenvalue weighted by atomic mass is 10.3. The highest BCUT2D eigenvalue weighted by molar-refractivity contribution is 6.54. The molecule has 0 aromatic carbocycles. The Morgan fingerprint density at radius 2 is 1.25 bits per heavy atom. The van der Waals surface area contributed by atoms with E-state index in [-0.39, 0.29) is 14.1 Å². The molecule has 0 unspecified atom stereocenters. The molecule has 0 saturated carbocycles. The van der Waals surface area contributed by atoms with Crippen LogP contribution in [-0.4, -0.2) is 27.2 Å². The molecule has 1 heterocycles. The Kier molecular flexibility index (Phi) is 5.97. The summed E-state index contributed by atoms with van der Waals surface area (Å²) in [7, 11) is 0. The second-order valence-corrected chi connectivity index (χ2v) is 6.30. The minimum Gasteiger partial charge on any atom is -0.317 e. The standard InChI is InChI=1S/C3H7N.3CH3.Al/c1-2-4-3-1;;;;/h4H,1-3H2;3*1H3;. The predicted molar refractivity (Wildman–Crippen MR) is 40.8 cm³/mol. The largest absolute Gasteiger partial charge is 0.317 e. The van der Waals surface area contributed by atoms with E-state index in [2.05, 4.69) is 22.7 Å². The third-order valence-corrected chi connectivity index (χ3v) is 0.707. The molecule has 0 spiro atoms. The maximum atomic E-state index is 3.11. The van der Waals surface area contributed by atoms with Crippen LogP contribution in [0.25, 0.3) is 0 Å². The molecule has 0 amide bonds. The molecule has 8 heavy (non-hydrogen) atoms. The molecular weight excluding hydrogens is 113 g/mol. The molecule has 1 saturated heterocycles. The summed E-state index contributed by atoms with van der Waals surface area (Å²) in [5.41, 5.74) is 0. The predicted octanol–water partition coefficient (Wildman–Crippen LogP) is 1.35. The van der Waals surface area contributed by atoms with Crippen molar-refractivity contribution >= 4 is 14.1 Å². The van der Waals surface area contributed by atoms with Crippen LogP contribution >= 0.6 is 0 Å². The fourth-order valence-electron chi connectivity index (χ4n) is 0.177. The van der Waals surface area contributed by atoms with Gasteiger partial charge in [0.15, 0.2) is 0 Å². The number of hydrogen-bond acceptors (Lipinski definition) is 1. The Balaban J connectivity index is 0.000000122. The fourth-order valence-corrected chi connectivity index (χ4v) is 0.177. The second kappa shape index (κ2) is 5.63. The first kappa shape index (κ1) is 8.49. The van der Waals surface area contributed by atoms with Gasteiger partial charge in [-0.15, -0.1) is 17.4 Å². The van der Waals surface area contributed by atoms with Crippen LogP contribution < -0.4 is 5.32 Å². The fraction of sp³-hybridized carbons (Fsp3) is 1.00. The summed E-state index contributed by atoms with van der Waals surface area (Å²) in [6.45, 7) is 2.50. The Labute approximate surface area is 56.9 Å². The van der Waals surface area contributed by atoms with Gasteiger partial charge in [0.2, 0.25) is 0 Å². The van der Waals surface area contributed by atoms with Gasteiger partial charge in [0.05, 0.1) is 0 Å². The van der Waals surface area contributed by atoms with E-state index in [0.717, 1.165) is 0 Å². The molecule has 2 heteroatoms. The number of nitrogens with one attached hydrogen (secondary N) is 1. The average molecular weight is 129 g/mol. The zero-order valence-corrected chi connectivity index (χ0v) is 7.35. The Hall–Kier alpha value is 0.492. The van der Waals surface area contributed by atoms with Crippen molar-refractivity contribution in [1.82, 2.24) is 5.32 Å². The quantitative estimate of drug-likeness (QED) is 0.487. The molecule has 1 aliphatic rings. The molecule has 48 valence electrons. The molecule has 0 aromatic rings. The van der Waals surface area contributed by atoms with Crippen LogP contribution in [-0.2, 0) is 0 Å². The van der Waals surface area contributed by atoms with Crippen LogP contribution in [0, 0.1) is 0 Å². The number of rotatable bonds is 0. The highest BCUT2D eigenvalue weighted by Crippen LogP contribution is 1.80. The summed E-state index contributed by atoms with van der Waals surface area (Å²) < 4.78 is 0. The minimum absolute atomic E-state index is 0.139. The normalized spacial score (nSPS) is 15.4. The van der Waals surface area contributed by atoms with E-state index in [1.807, 2.05) is 0 Å². The van der Waals surface area contributed by atoms with Gasteiger partial charge in [-0.2, -0.15) is 0 Å². The highest BCUT2D eigenvalue weighted by atomic mass is 27.2. The van der Waals surface area contributed by atoms with E-state index < -0.39 is 0 Å².